The minimum Gasteiger partial charge on any atom is -0.394 e. The number of amides is 1. The Bertz CT molecular complexity index is 485. The molecular formula is C24H45NO6. The highest BCUT2D eigenvalue weighted by atomic mass is 16.6. The van der Waals surface area contributed by atoms with E-state index >= 15 is 0 Å². The summed E-state index contributed by atoms with van der Waals surface area (Å²) >= 11 is 0. The van der Waals surface area contributed by atoms with E-state index in [0.717, 1.165) is 19.3 Å². The molecule has 1 saturated heterocycles. The molecule has 0 aromatic carbocycles. The molecule has 1 fully saturated rings. The van der Waals surface area contributed by atoms with Crippen molar-refractivity contribution in [2.75, 3.05) is 6.61 Å². The summed E-state index contributed by atoms with van der Waals surface area (Å²) in [5, 5.41) is 41.2. The van der Waals surface area contributed by atoms with Crippen LogP contribution in [0.2, 0.25) is 0 Å². The number of rotatable bonds is 17. The van der Waals surface area contributed by atoms with Crippen LogP contribution in [0.15, 0.2) is 12.2 Å². The van der Waals surface area contributed by atoms with E-state index in [1.165, 1.54) is 64.2 Å². The van der Waals surface area contributed by atoms with Crippen molar-refractivity contribution >= 4 is 5.91 Å². The topological polar surface area (TPSA) is 119 Å². The molecule has 182 valence electrons. The van der Waals surface area contributed by atoms with Gasteiger partial charge in [0.05, 0.1) is 6.61 Å². The summed E-state index contributed by atoms with van der Waals surface area (Å²) in [5.74, 6) is -0.272. The molecule has 0 aliphatic carbocycles. The van der Waals surface area contributed by atoms with Gasteiger partial charge in [0.25, 0.3) is 0 Å². The van der Waals surface area contributed by atoms with Crippen LogP contribution in [0.5, 0.6) is 0 Å². The van der Waals surface area contributed by atoms with Crippen LogP contribution in [0.25, 0.3) is 0 Å². The first kappa shape index (κ1) is 28.0. The van der Waals surface area contributed by atoms with Crippen molar-refractivity contribution in [3.8, 4) is 0 Å². The van der Waals surface area contributed by atoms with E-state index in [0.29, 0.717) is 6.42 Å². The van der Waals surface area contributed by atoms with Gasteiger partial charge in [0.1, 0.15) is 24.4 Å². The molecule has 7 heteroatoms. The van der Waals surface area contributed by atoms with Gasteiger partial charge in [-0.15, -0.1) is 0 Å². The van der Waals surface area contributed by atoms with Crippen LogP contribution >= 0.6 is 0 Å². The third-order valence-electron chi connectivity index (χ3n) is 5.86. The average Bonchev–Trinajstić information content (AvgIpc) is 2.76. The van der Waals surface area contributed by atoms with Crippen LogP contribution in [0, 0.1) is 0 Å². The quantitative estimate of drug-likeness (QED) is 0.174. The number of aliphatic hydroxyl groups excluding tert-OH is 4. The van der Waals surface area contributed by atoms with E-state index < -0.39 is 37.3 Å². The van der Waals surface area contributed by atoms with Crippen molar-refractivity contribution in [1.82, 2.24) is 5.32 Å². The second kappa shape index (κ2) is 17.6. The van der Waals surface area contributed by atoms with Gasteiger partial charge >= 0.3 is 0 Å². The fraction of sp³-hybridized carbons (Fsp3) is 0.875. The van der Waals surface area contributed by atoms with E-state index in [2.05, 4.69) is 24.4 Å². The van der Waals surface area contributed by atoms with E-state index in [1.807, 2.05) is 0 Å². The summed E-state index contributed by atoms with van der Waals surface area (Å²) in [4.78, 5) is 12.1. The lowest BCUT2D eigenvalue weighted by Gasteiger charge is -2.40. The highest BCUT2D eigenvalue weighted by Gasteiger charge is 2.43. The molecule has 31 heavy (non-hydrogen) atoms. The monoisotopic (exact) mass is 443 g/mol. The van der Waals surface area contributed by atoms with Crippen molar-refractivity contribution in [3.63, 3.8) is 0 Å². The highest BCUT2D eigenvalue weighted by molar-refractivity contribution is 5.76. The smallest absolute Gasteiger partial charge is 0.222 e. The predicted molar refractivity (Wildman–Crippen MR) is 121 cm³/mol. The first-order valence-electron chi connectivity index (χ1n) is 12.3. The Labute approximate surface area is 187 Å². The fourth-order valence-electron chi connectivity index (χ4n) is 3.81. The molecule has 0 saturated carbocycles. The molecule has 1 aliphatic rings. The number of nitrogens with one attached hydrogen (secondary N) is 1. The van der Waals surface area contributed by atoms with E-state index in [9.17, 15) is 25.2 Å². The molecule has 1 rings (SSSR count). The minimum absolute atomic E-state index is 0.272. The van der Waals surface area contributed by atoms with Crippen molar-refractivity contribution in [2.24, 2.45) is 0 Å². The molecular weight excluding hydrogens is 398 g/mol. The number of carbonyl (C=O) groups is 1. The molecule has 0 radical (unpaired) electrons. The van der Waals surface area contributed by atoms with E-state index in [-0.39, 0.29) is 5.91 Å². The number of aliphatic hydroxyl groups is 4. The van der Waals surface area contributed by atoms with Crippen LogP contribution in [0.1, 0.15) is 96.8 Å². The molecule has 5 N–H and O–H groups in total. The number of carbonyl (C=O) groups excluding carboxylic acids is 1. The normalized spacial score (nSPS) is 26.4. The summed E-state index contributed by atoms with van der Waals surface area (Å²) in [6.07, 6.45) is 13.9. The lowest BCUT2D eigenvalue weighted by atomic mass is 9.98. The van der Waals surface area contributed by atoms with Gasteiger partial charge in [-0.1, -0.05) is 70.4 Å². The van der Waals surface area contributed by atoms with Crippen LogP contribution in [0.4, 0.5) is 0 Å². The van der Waals surface area contributed by atoms with Crippen molar-refractivity contribution in [3.05, 3.63) is 12.2 Å². The van der Waals surface area contributed by atoms with Gasteiger partial charge in [0.2, 0.25) is 5.91 Å². The Kier molecular flexibility index (Phi) is 15.9. The molecule has 0 unspecified atom stereocenters. The van der Waals surface area contributed by atoms with Gasteiger partial charge in [-0.3, -0.25) is 4.79 Å². The van der Waals surface area contributed by atoms with Gasteiger partial charge in [0, 0.05) is 6.42 Å². The second-order valence-electron chi connectivity index (χ2n) is 8.65. The molecule has 1 amide bonds. The Morgan fingerprint density at radius 2 is 1.35 bits per heavy atom. The lowest BCUT2D eigenvalue weighted by molar-refractivity contribution is -0.236. The standard InChI is InChI=1S/C24H45NO6/c1-2-3-4-5-6-7-8-9-10-11-12-13-14-15-16-17-20(27)25-24-23(30)22(29)21(28)19(18-26)31-24/h7-8,19,21-24,26,28-30H,2-6,9-18H2,1H3,(H,25,27)/t19-,21-,22+,23-,24-/m1/s1. The van der Waals surface area contributed by atoms with Crippen molar-refractivity contribution in [2.45, 2.75) is 127 Å². The molecule has 0 aromatic heterocycles. The van der Waals surface area contributed by atoms with Gasteiger partial charge in [-0.05, 0) is 32.1 Å². The zero-order valence-corrected chi connectivity index (χ0v) is 19.3. The molecule has 0 bridgehead atoms. The zero-order valence-electron chi connectivity index (χ0n) is 19.3. The van der Waals surface area contributed by atoms with Crippen LogP contribution in [0.3, 0.4) is 0 Å². The number of ether oxygens (including phenoxy) is 1. The summed E-state index contributed by atoms with van der Waals surface area (Å²) in [7, 11) is 0. The molecule has 5 atom stereocenters. The Morgan fingerprint density at radius 3 is 1.94 bits per heavy atom. The van der Waals surface area contributed by atoms with E-state index in [1.54, 1.807) is 0 Å². The Balaban J connectivity index is 1.98. The van der Waals surface area contributed by atoms with Crippen LogP contribution in [-0.4, -0.2) is 63.6 Å². The van der Waals surface area contributed by atoms with Crippen molar-refractivity contribution < 1.29 is 30.0 Å². The van der Waals surface area contributed by atoms with Crippen molar-refractivity contribution in [1.29, 1.82) is 0 Å². The maximum Gasteiger partial charge on any atom is 0.222 e. The molecule has 0 aromatic rings. The molecule has 0 spiro atoms. The Hall–Kier alpha value is -0.990. The maximum absolute atomic E-state index is 12.1. The van der Waals surface area contributed by atoms with Gasteiger partial charge < -0.3 is 30.5 Å². The minimum atomic E-state index is -1.47. The third-order valence-corrected chi connectivity index (χ3v) is 5.86. The summed E-state index contributed by atoms with van der Waals surface area (Å²) in [5.41, 5.74) is 0. The molecule has 1 aliphatic heterocycles. The van der Waals surface area contributed by atoms with Gasteiger partial charge in [-0.2, -0.15) is 0 Å². The highest BCUT2D eigenvalue weighted by Crippen LogP contribution is 2.20. The van der Waals surface area contributed by atoms with Gasteiger partial charge in [0.15, 0.2) is 6.23 Å². The number of hydrogen-bond acceptors (Lipinski definition) is 6. The zero-order chi connectivity index (χ0) is 22.9. The first-order valence-corrected chi connectivity index (χ1v) is 12.3. The summed E-state index contributed by atoms with van der Waals surface area (Å²) < 4.78 is 5.28. The SMILES string of the molecule is CCCCCCC=CCCCCCCCCCC(=O)N[C@@H]1O[C@H](CO)[C@@H](O)[C@H](O)[C@H]1O. The first-order chi connectivity index (χ1) is 15.0. The predicted octanol–water partition coefficient (Wildman–Crippen LogP) is 2.94. The molecule has 1 heterocycles. The molecule has 7 nitrogen and oxygen atoms in total. The van der Waals surface area contributed by atoms with E-state index in [4.69, 9.17) is 4.74 Å². The number of unbranched alkanes of at least 4 members (excludes halogenated alkanes) is 11. The third kappa shape index (κ3) is 12.0. The summed E-state index contributed by atoms with van der Waals surface area (Å²) in [6.45, 7) is 1.73. The summed E-state index contributed by atoms with van der Waals surface area (Å²) in [6, 6.07) is 0. The maximum atomic E-state index is 12.1. The largest absolute Gasteiger partial charge is 0.394 e. The number of hydrogen-bond donors (Lipinski definition) is 5. The number of allylic oxidation sites excluding steroid dienone is 2. The lowest BCUT2D eigenvalue weighted by Crippen LogP contribution is -2.63. The van der Waals surface area contributed by atoms with Crippen LogP contribution < -0.4 is 5.32 Å². The van der Waals surface area contributed by atoms with Gasteiger partial charge in [-0.25, -0.2) is 0 Å². The Morgan fingerprint density at radius 1 is 0.806 bits per heavy atom. The average molecular weight is 444 g/mol. The second-order valence-corrected chi connectivity index (χ2v) is 8.65. The fourth-order valence-corrected chi connectivity index (χ4v) is 3.81. The van der Waals surface area contributed by atoms with Crippen LogP contribution in [-0.2, 0) is 9.53 Å².